The van der Waals surface area contributed by atoms with Crippen molar-refractivity contribution in [3.05, 3.63) is 11.9 Å². The predicted molar refractivity (Wildman–Crippen MR) is 79.1 cm³/mol. The molecule has 0 fully saturated rings. The second kappa shape index (κ2) is 7.09. The Morgan fingerprint density at radius 2 is 1.90 bits per heavy atom. The Hall–Kier alpha value is -1.07. The van der Waals surface area contributed by atoms with Crippen molar-refractivity contribution in [2.75, 3.05) is 13.7 Å². The van der Waals surface area contributed by atoms with E-state index in [1.54, 1.807) is 13.3 Å². The molecule has 0 spiro atoms. The van der Waals surface area contributed by atoms with Gasteiger partial charge in [0.25, 0.3) is 0 Å². The topological polar surface area (TPSA) is 56.5 Å². The summed E-state index contributed by atoms with van der Waals surface area (Å²) in [6, 6.07) is 0.150. The summed E-state index contributed by atoms with van der Waals surface area (Å²) >= 11 is 0. The molecule has 1 aromatic rings. The maximum Gasteiger partial charge on any atom is 0.162 e. The lowest BCUT2D eigenvalue weighted by atomic mass is 9.88. The minimum absolute atomic E-state index is 0.150. The van der Waals surface area contributed by atoms with Gasteiger partial charge in [0.1, 0.15) is 11.8 Å². The molecule has 0 aliphatic heterocycles. The van der Waals surface area contributed by atoms with E-state index in [9.17, 15) is 5.11 Å². The number of methoxy groups -OCH3 is 1. The van der Waals surface area contributed by atoms with E-state index in [4.69, 9.17) is 9.47 Å². The third-order valence-electron chi connectivity index (χ3n) is 3.89. The van der Waals surface area contributed by atoms with Gasteiger partial charge in [0.05, 0.1) is 18.9 Å². The van der Waals surface area contributed by atoms with Crippen LogP contribution in [0.15, 0.2) is 6.20 Å². The van der Waals surface area contributed by atoms with Gasteiger partial charge >= 0.3 is 0 Å². The standard InChI is InChI=1S/C15H28N2O3/c1-7-15(8-2,20-9-3)14(18)13-12(19-6)10-16-17(13)11(4)5/h10-11,14,18H,7-9H2,1-6H3. The van der Waals surface area contributed by atoms with E-state index in [-0.39, 0.29) is 6.04 Å². The van der Waals surface area contributed by atoms with E-state index in [1.807, 2.05) is 39.3 Å². The molecule has 1 unspecified atom stereocenters. The molecular formula is C15H28N2O3. The zero-order chi connectivity index (χ0) is 15.3. The molecule has 20 heavy (non-hydrogen) atoms. The first kappa shape index (κ1) is 17.0. The second-order valence-electron chi connectivity index (χ2n) is 5.24. The van der Waals surface area contributed by atoms with Crippen molar-refractivity contribution < 1.29 is 14.6 Å². The van der Waals surface area contributed by atoms with Crippen LogP contribution in [0.25, 0.3) is 0 Å². The van der Waals surface area contributed by atoms with Gasteiger partial charge in [-0.25, -0.2) is 0 Å². The molecule has 1 atom stereocenters. The van der Waals surface area contributed by atoms with Gasteiger partial charge in [-0.2, -0.15) is 5.10 Å². The summed E-state index contributed by atoms with van der Waals surface area (Å²) in [4.78, 5) is 0. The molecule has 1 aromatic heterocycles. The Morgan fingerprint density at radius 3 is 2.30 bits per heavy atom. The van der Waals surface area contributed by atoms with Crippen molar-refractivity contribution in [2.45, 2.75) is 65.2 Å². The largest absolute Gasteiger partial charge is 0.493 e. The zero-order valence-corrected chi connectivity index (χ0v) is 13.5. The molecular weight excluding hydrogens is 256 g/mol. The molecule has 0 amide bonds. The van der Waals surface area contributed by atoms with Crippen molar-refractivity contribution in [3.63, 3.8) is 0 Å². The van der Waals surface area contributed by atoms with E-state index in [0.717, 1.165) is 12.8 Å². The summed E-state index contributed by atoms with van der Waals surface area (Å²) in [6.07, 6.45) is 2.34. The Balaban J connectivity index is 3.29. The van der Waals surface area contributed by atoms with Gasteiger partial charge in [0.2, 0.25) is 0 Å². The lowest BCUT2D eigenvalue weighted by molar-refractivity contribution is -0.130. The van der Waals surface area contributed by atoms with E-state index < -0.39 is 11.7 Å². The van der Waals surface area contributed by atoms with Crippen LogP contribution in [-0.2, 0) is 4.74 Å². The van der Waals surface area contributed by atoms with Crippen LogP contribution in [0.2, 0.25) is 0 Å². The third-order valence-corrected chi connectivity index (χ3v) is 3.89. The molecule has 5 heteroatoms. The Kier molecular flexibility index (Phi) is 6.02. The van der Waals surface area contributed by atoms with Crippen molar-refractivity contribution >= 4 is 0 Å². The summed E-state index contributed by atoms with van der Waals surface area (Å²) < 4.78 is 13.1. The van der Waals surface area contributed by atoms with Gasteiger partial charge in [-0.05, 0) is 33.6 Å². The third kappa shape index (κ3) is 2.99. The van der Waals surface area contributed by atoms with Gasteiger partial charge in [-0.15, -0.1) is 0 Å². The maximum absolute atomic E-state index is 10.9. The van der Waals surface area contributed by atoms with E-state index in [0.29, 0.717) is 18.1 Å². The average molecular weight is 284 g/mol. The van der Waals surface area contributed by atoms with Gasteiger partial charge in [0.15, 0.2) is 5.75 Å². The molecule has 0 bridgehead atoms. The Labute approximate surface area is 121 Å². The van der Waals surface area contributed by atoms with Gasteiger partial charge in [-0.3, -0.25) is 4.68 Å². The number of ether oxygens (including phenoxy) is 2. The van der Waals surface area contributed by atoms with Crippen LogP contribution in [0.1, 0.15) is 65.3 Å². The summed E-state index contributed by atoms with van der Waals surface area (Å²) in [6.45, 7) is 10.6. The normalized spacial score (nSPS) is 13.8. The number of aliphatic hydroxyl groups excluding tert-OH is 1. The van der Waals surface area contributed by atoms with Crippen molar-refractivity contribution in [3.8, 4) is 5.75 Å². The van der Waals surface area contributed by atoms with Gasteiger partial charge < -0.3 is 14.6 Å². The molecule has 1 N–H and O–H groups in total. The highest BCUT2D eigenvalue weighted by atomic mass is 16.5. The Morgan fingerprint density at radius 1 is 1.30 bits per heavy atom. The minimum Gasteiger partial charge on any atom is -0.493 e. The molecule has 0 saturated carbocycles. The van der Waals surface area contributed by atoms with Crippen LogP contribution < -0.4 is 4.74 Å². The molecule has 0 aromatic carbocycles. The fourth-order valence-corrected chi connectivity index (χ4v) is 2.64. The van der Waals surface area contributed by atoms with Crippen LogP contribution in [0.5, 0.6) is 5.75 Å². The lowest BCUT2D eigenvalue weighted by Crippen LogP contribution is -2.39. The lowest BCUT2D eigenvalue weighted by Gasteiger charge is -2.37. The molecule has 116 valence electrons. The monoisotopic (exact) mass is 284 g/mol. The first-order valence-electron chi connectivity index (χ1n) is 7.40. The number of rotatable bonds is 8. The molecule has 0 radical (unpaired) electrons. The summed E-state index contributed by atoms with van der Waals surface area (Å²) in [5.41, 5.74) is 0.0916. The first-order chi connectivity index (χ1) is 9.47. The summed E-state index contributed by atoms with van der Waals surface area (Å²) in [5.74, 6) is 0.608. The highest BCUT2D eigenvalue weighted by Crippen LogP contribution is 2.39. The van der Waals surface area contributed by atoms with Crippen LogP contribution in [-0.4, -0.2) is 34.2 Å². The zero-order valence-electron chi connectivity index (χ0n) is 13.5. The van der Waals surface area contributed by atoms with Crippen LogP contribution in [0.3, 0.4) is 0 Å². The van der Waals surface area contributed by atoms with E-state index in [1.165, 1.54) is 0 Å². The SMILES string of the molecule is CCOC(CC)(CC)C(O)c1c(OC)cnn1C(C)C. The average Bonchev–Trinajstić information content (AvgIpc) is 2.88. The fraction of sp³-hybridized carbons (Fsp3) is 0.800. The quantitative estimate of drug-likeness (QED) is 0.797. The highest BCUT2D eigenvalue weighted by molar-refractivity contribution is 5.29. The van der Waals surface area contributed by atoms with Crippen LogP contribution >= 0.6 is 0 Å². The summed E-state index contributed by atoms with van der Waals surface area (Å²) in [7, 11) is 1.60. The summed E-state index contributed by atoms with van der Waals surface area (Å²) in [5, 5.41) is 15.3. The fourth-order valence-electron chi connectivity index (χ4n) is 2.64. The number of aromatic nitrogens is 2. The van der Waals surface area contributed by atoms with Crippen molar-refractivity contribution in [1.82, 2.24) is 9.78 Å². The second-order valence-corrected chi connectivity index (χ2v) is 5.24. The van der Waals surface area contributed by atoms with Gasteiger partial charge in [0, 0.05) is 12.6 Å². The molecule has 5 nitrogen and oxygen atoms in total. The number of aliphatic hydroxyl groups is 1. The van der Waals surface area contributed by atoms with Crippen LogP contribution in [0.4, 0.5) is 0 Å². The predicted octanol–water partition coefficient (Wildman–Crippen LogP) is 3.10. The van der Waals surface area contributed by atoms with Gasteiger partial charge in [-0.1, -0.05) is 13.8 Å². The molecule has 0 aliphatic carbocycles. The first-order valence-corrected chi connectivity index (χ1v) is 7.40. The highest BCUT2D eigenvalue weighted by Gasteiger charge is 2.40. The molecule has 1 rings (SSSR count). The number of hydrogen-bond donors (Lipinski definition) is 1. The van der Waals surface area contributed by atoms with Crippen LogP contribution in [0, 0.1) is 0 Å². The maximum atomic E-state index is 10.9. The smallest absolute Gasteiger partial charge is 0.162 e. The number of nitrogens with zero attached hydrogens (tertiary/aromatic N) is 2. The molecule has 0 aliphatic rings. The Bertz CT molecular complexity index is 411. The molecule has 0 saturated heterocycles. The van der Waals surface area contributed by atoms with E-state index in [2.05, 4.69) is 5.10 Å². The number of hydrogen-bond acceptors (Lipinski definition) is 4. The van der Waals surface area contributed by atoms with E-state index >= 15 is 0 Å². The van der Waals surface area contributed by atoms with Crippen molar-refractivity contribution in [2.24, 2.45) is 0 Å². The minimum atomic E-state index is -0.766. The van der Waals surface area contributed by atoms with Crippen molar-refractivity contribution in [1.29, 1.82) is 0 Å². The molecule has 1 heterocycles.